The maximum atomic E-state index is 11.9. The molecule has 0 aromatic heterocycles. The van der Waals surface area contributed by atoms with E-state index >= 15 is 0 Å². The molecule has 0 unspecified atom stereocenters. The third kappa shape index (κ3) is 3.37. The van der Waals surface area contributed by atoms with Crippen LogP contribution in [0.4, 0.5) is 13.2 Å². The third-order valence-electron chi connectivity index (χ3n) is 2.62. The van der Waals surface area contributed by atoms with Gasteiger partial charge >= 0.3 is 6.18 Å². The van der Waals surface area contributed by atoms with Crippen LogP contribution in [-0.4, -0.2) is 31.2 Å². The molecule has 0 saturated carbocycles. The van der Waals surface area contributed by atoms with E-state index in [1.807, 2.05) is 19.2 Å². The van der Waals surface area contributed by atoms with E-state index in [-0.39, 0.29) is 5.41 Å². The van der Waals surface area contributed by atoms with Crippen LogP contribution in [0.1, 0.15) is 20.3 Å². The van der Waals surface area contributed by atoms with Crippen LogP contribution < -0.4 is 10.6 Å². The lowest BCUT2D eigenvalue weighted by molar-refractivity contribution is -0.140. The van der Waals surface area contributed by atoms with Gasteiger partial charge in [0.15, 0.2) is 0 Å². The fourth-order valence-electron chi connectivity index (χ4n) is 1.70. The van der Waals surface area contributed by atoms with Gasteiger partial charge in [-0.3, -0.25) is 4.79 Å². The molecule has 1 aliphatic heterocycles. The van der Waals surface area contributed by atoms with Gasteiger partial charge in [0.2, 0.25) is 5.91 Å². The Morgan fingerprint density at radius 3 is 2.53 bits per heavy atom. The zero-order valence-corrected chi connectivity index (χ0v) is 8.74. The van der Waals surface area contributed by atoms with E-state index in [9.17, 15) is 18.0 Å². The zero-order valence-electron chi connectivity index (χ0n) is 8.74. The summed E-state index contributed by atoms with van der Waals surface area (Å²) in [6.07, 6.45) is -3.56. The van der Waals surface area contributed by atoms with Crippen molar-refractivity contribution in [1.82, 2.24) is 10.6 Å². The van der Waals surface area contributed by atoms with E-state index in [1.54, 1.807) is 0 Å². The normalized spacial score (nSPS) is 25.3. The van der Waals surface area contributed by atoms with Crippen LogP contribution in [-0.2, 0) is 4.79 Å². The molecule has 88 valence electrons. The van der Waals surface area contributed by atoms with Gasteiger partial charge in [0.1, 0.15) is 6.54 Å². The van der Waals surface area contributed by atoms with Crippen LogP contribution in [0.2, 0.25) is 0 Å². The Balaban J connectivity index is 2.48. The number of carbonyl (C=O) groups is 1. The van der Waals surface area contributed by atoms with Crippen LogP contribution >= 0.6 is 0 Å². The van der Waals surface area contributed by atoms with Gasteiger partial charge in [-0.25, -0.2) is 0 Å². The lowest BCUT2D eigenvalue weighted by Crippen LogP contribution is -2.49. The minimum atomic E-state index is -4.35. The number of alkyl halides is 3. The smallest absolute Gasteiger partial charge is 0.346 e. The first kappa shape index (κ1) is 12.3. The molecule has 6 heteroatoms. The quantitative estimate of drug-likeness (QED) is 0.736. The van der Waals surface area contributed by atoms with E-state index in [2.05, 4.69) is 5.32 Å². The average molecular weight is 224 g/mol. The Morgan fingerprint density at radius 1 is 1.53 bits per heavy atom. The summed E-state index contributed by atoms with van der Waals surface area (Å²) in [7, 11) is 0. The number of nitrogens with one attached hydrogen (secondary N) is 2. The van der Waals surface area contributed by atoms with Crippen molar-refractivity contribution < 1.29 is 18.0 Å². The summed E-state index contributed by atoms with van der Waals surface area (Å²) in [5.74, 6) is -0.574. The summed E-state index contributed by atoms with van der Waals surface area (Å²) >= 11 is 0. The van der Waals surface area contributed by atoms with Crippen molar-refractivity contribution in [3.63, 3.8) is 0 Å². The Kier molecular flexibility index (Phi) is 3.28. The first-order chi connectivity index (χ1) is 6.72. The molecular formula is C9H15F3N2O. The first-order valence-corrected chi connectivity index (χ1v) is 4.80. The Labute approximate surface area is 86.4 Å². The van der Waals surface area contributed by atoms with E-state index < -0.39 is 24.7 Å². The molecule has 1 aliphatic rings. The van der Waals surface area contributed by atoms with Gasteiger partial charge in [0, 0.05) is 0 Å². The van der Waals surface area contributed by atoms with Crippen LogP contribution in [0.5, 0.6) is 0 Å². The molecule has 1 saturated heterocycles. The maximum Gasteiger partial charge on any atom is 0.405 e. The summed E-state index contributed by atoms with van der Waals surface area (Å²) in [5, 5.41) is 4.80. The number of hydrogen-bond acceptors (Lipinski definition) is 2. The fraction of sp³-hybridized carbons (Fsp3) is 0.889. The summed E-state index contributed by atoms with van der Waals surface area (Å²) in [6.45, 7) is 3.13. The lowest BCUT2D eigenvalue weighted by Gasteiger charge is -2.25. The molecule has 0 aromatic carbocycles. The topological polar surface area (TPSA) is 41.1 Å². The minimum Gasteiger partial charge on any atom is -0.346 e. The number of halogens is 3. The molecule has 0 spiro atoms. The summed E-state index contributed by atoms with van der Waals surface area (Å²) in [6, 6.07) is -0.528. The van der Waals surface area contributed by atoms with Gasteiger partial charge in [-0.05, 0) is 18.4 Å². The highest BCUT2D eigenvalue weighted by molar-refractivity contribution is 5.83. The molecule has 1 heterocycles. The molecule has 0 radical (unpaired) electrons. The van der Waals surface area contributed by atoms with Crippen molar-refractivity contribution in [3.05, 3.63) is 0 Å². The maximum absolute atomic E-state index is 11.9. The van der Waals surface area contributed by atoms with Crippen molar-refractivity contribution in [2.45, 2.75) is 32.5 Å². The van der Waals surface area contributed by atoms with Gasteiger partial charge in [0.05, 0.1) is 6.04 Å². The second kappa shape index (κ2) is 4.00. The number of hydrogen-bond donors (Lipinski definition) is 2. The van der Waals surface area contributed by atoms with E-state index in [0.29, 0.717) is 6.54 Å². The molecule has 0 bridgehead atoms. The lowest BCUT2D eigenvalue weighted by atomic mass is 9.84. The predicted molar refractivity (Wildman–Crippen MR) is 49.3 cm³/mol. The average Bonchev–Trinajstić information content (AvgIpc) is 2.40. The monoisotopic (exact) mass is 224 g/mol. The molecule has 2 N–H and O–H groups in total. The Hall–Kier alpha value is -0.780. The van der Waals surface area contributed by atoms with Crippen LogP contribution in [0.25, 0.3) is 0 Å². The second-order valence-corrected chi connectivity index (χ2v) is 4.46. The van der Waals surface area contributed by atoms with Gasteiger partial charge in [-0.2, -0.15) is 13.2 Å². The number of carbonyl (C=O) groups excluding carboxylic acids is 1. The summed E-state index contributed by atoms with van der Waals surface area (Å²) in [4.78, 5) is 11.4. The summed E-state index contributed by atoms with van der Waals surface area (Å²) < 4.78 is 35.6. The Bertz CT molecular complexity index is 250. The standard InChI is InChI=1S/C9H15F3N2O/c1-8(2)3-4-13-6(8)7(15)14-5-9(10,11)12/h6,13H,3-5H2,1-2H3,(H,14,15)/t6-/m1/s1. The molecule has 15 heavy (non-hydrogen) atoms. The van der Waals surface area contributed by atoms with Crippen LogP contribution in [0.3, 0.4) is 0 Å². The largest absolute Gasteiger partial charge is 0.405 e. The molecule has 3 nitrogen and oxygen atoms in total. The third-order valence-corrected chi connectivity index (χ3v) is 2.62. The Morgan fingerprint density at radius 2 is 2.13 bits per heavy atom. The van der Waals surface area contributed by atoms with Gasteiger partial charge in [0.25, 0.3) is 0 Å². The molecule has 1 atom stereocenters. The fourth-order valence-corrected chi connectivity index (χ4v) is 1.70. The van der Waals surface area contributed by atoms with E-state index in [4.69, 9.17) is 0 Å². The molecule has 1 rings (SSSR count). The molecule has 0 aromatic rings. The highest BCUT2D eigenvalue weighted by atomic mass is 19.4. The minimum absolute atomic E-state index is 0.282. The van der Waals surface area contributed by atoms with Crippen molar-refractivity contribution in [1.29, 1.82) is 0 Å². The van der Waals surface area contributed by atoms with Crippen molar-refractivity contribution in [2.75, 3.05) is 13.1 Å². The highest BCUT2D eigenvalue weighted by Crippen LogP contribution is 2.29. The molecule has 1 amide bonds. The molecule has 1 fully saturated rings. The van der Waals surface area contributed by atoms with Crippen LogP contribution in [0, 0.1) is 5.41 Å². The van der Waals surface area contributed by atoms with E-state index in [0.717, 1.165) is 6.42 Å². The van der Waals surface area contributed by atoms with Crippen molar-refractivity contribution in [2.24, 2.45) is 5.41 Å². The number of amides is 1. The molecule has 0 aliphatic carbocycles. The van der Waals surface area contributed by atoms with E-state index in [1.165, 1.54) is 0 Å². The molecular weight excluding hydrogens is 209 g/mol. The first-order valence-electron chi connectivity index (χ1n) is 4.80. The van der Waals surface area contributed by atoms with Gasteiger partial charge < -0.3 is 10.6 Å². The van der Waals surface area contributed by atoms with Crippen molar-refractivity contribution in [3.8, 4) is 0 Å². The highest BCUT2D eigenvalue weighted by Gasteiger charge is 2.40. The number of rotatable bonds is 2. The van der Waals surface area contributed by atoms with Gasteiger partial charge in [-0.15, -0.1) is 0 Å². The summed E-state index contributed by atoms with van der Waals surface area (Å²) in [5.41, 5.74) is -0.282. The van der Waals surface area contributed by atoms with Crippen molar-refractivity contribution >= 4 is 5.91 Å². The van der Waals surface area contributed by atoms with Crippen LogP contribution in [0.15, 0.2) is 0 Å². The van der Waals surface area contributed by atoms with Gasteiger partial charge in [-0.1, -0.05) is 13.8 Å². The SMILES string of the molecule is CC1(C)CCN[C@@H]1C(=O)NCC(F)(F)F. The predicted octanol–water partition coefficient (Wildman–Crippen LogP) is 1.05. The zero-order chi connectivity index (χ0) is 11.7. The second-order valence-electron chi connectivity index (χ2n) is 4.46.